The molecule has 2 rings (SSSR count). The van der Waals surface area contributed by atoms with E-state index < -0.39 is 11.7 Å². The molecule has 1 nitrogen and oxygen atoms in total. The van der Waals surface area contributed by atoms with Crippen LogP contribution in [0.2, 0.25) is 0 Å². The van der Waals surface area contributed by atoms with Gasteiger partial charge >= 0.3 is 6.18 Å². The summed E-state index contributed by atoms with van der Waals surface area (Å²) in [5.41, 5.74) is 0.560. The molecule has 1 aromatic carbocycles. The van der Waals surface area contributed by atoms with Crippen LogP contribution in [-0.2, 0) is 12.6 Å². The number of rotatable bonds is 5. The molecule has 1 aliphatic rings. The van der Waals surface area contributed by atoms with Crippen LogP contribution in [0.3, 0.4) is 0 Å². The molecule has 0 aliphatic heterocycles. The molecule has 0 bridgehead atoms. The zero-order valence-electron chi connectivity index (χ0n) is 11.3. The van der Waals surface area contributed by atoms with Gasteiger partial charge in [-0.2, -0.15) is 13.2 Å². The summed E-state index contributed by atoms with van der Waals surface area (Å²) >= 11 is 0. The Morgan fingerprint density at radius 2 is 1.74 bits per heavy atom. The maximum absolute atomic E-state index is 12.5. The quantitative estimate of drug-likeness (QED) is 0.857. The fraction of sp³-hybridized carbons (Fsp3) is 0.600. The van der Waals surface area contributed by atoms with Crippen LogP contribution in [-0.4, -0.2) is 13.6 Å². The summed E-state index contributed by atoms with van der Waals surface area (Å²) in [7, 11) is 1.92. The lowest BCUT2D eigenvalue weighted by atomic mass is 9.79. The van der Waals surface area contributed by atoms with Crippen molar-refractivity contribution in [1.29, 1.82) is 0 Å². The van der Waals surface area contributed by atoms with Gasteiger partial charge in [0.05, 0.1) is 5.56 Å². The first-order valence-corrected chi connectivity index (χ1v) is 6.66. The topological polar surface area (TPSA) is 12.0 Å². The van der Waals surface area contributed by atoms with E-state index >= 15 is 0 Å². The predicted molar refractivity (Wildman–Crippen MR) is 69.9 cm³/mol. The van der Waals surface area contributed by atoms with Crippen molar-refractivity contribution in [3.05, 3.63) is 35.4 Å². The minimum absolute atomic E-state index is 0.147. The van der Waals surface area contributed by atoms with Crippen LogP contribution in [0.25, 0.3) is 0 Å². The van der Waals surface area contributed by atoms with Gasteiger partial charge in [-0.1, -0.05) is 19.1 Å². The maximum atomic E-state index is 12.5. The van der Waals surface area contributed by atoms with Crippen LogP contribution in [0.15, 0.2) is 24.3 Å². The van der Waals surface area contributed by atoms with Gasteiger partial charge < -0.3 is 5.32 Å². The SMILES string of the molecule is CNCC(C)(Cc1ccc(C(F)(F)F)cc1)C1CC1. The molecule has 0 radical (unpaired) electrons. The highest BCUT2D eigenvalue weighted by molar-refractivity contribution is 5.25. The zero-order chi connectivity index (χ0) is 14.1. The third kappa shape index (κ3) is 3.50. The molecule has 0 spiro atoms. The average molecular weight is 271 g/mol. The standard InChI is InChI=1S/C15H20F3N/c1-14(10-19-2,12-7-8-12)9-11-3-5-13(6-4-11)15(16,17)18/h3-6,12,19H,7-10H2,1-2H3. The first-order chi connectivity index (χ1) is 8.85. The van der Waals surface area contributed by atoms with Crippen molar-refractivity contribution >= 4 is 0 Å². The van der Waals surface area contributed by atoms with Crippen LogP contribution in [0.4, 0.5) is 13.2 Å². The summed E-state index contributed by atoms with van der Waals surface area (Å²) in [5.74, 6) is 0.697. The van der Waals surface area contributed by atoms with Crippen molar-refractivity contribution in [2.45, 2.75) is 32.4 Å². The van der Waals surface area contributed by atoms with Crippen LogP contribution in [0.5, 0.6) is 0 Å². The monoisotopic (exact) mass is 271 g/mol. The van der Waals surface area contributed by atoms with E-state index in [1.165, 1.54) is 25.0 Å². The lowest BCUT2D eigenvalue weighted by molar-refractivity contribution is -0.137. The van der Waals surface area contributed by atoms with E-state index in [1.54, 1.807) is 12.1 Å². The average Bonchev–Trinajstić information content (AvgIpc) is 3.12. The number of hydrogen-bond donors (Lipinski definition) is 1. The van der Waals surface area contributed by atoms with Gasteiger partial charge in [-0.15, -0.1) is 0 Å². The lowest BCUT2D eigenvalue weighted by Crippen LogP contribution is -2.33. The van der Waals surface area contributed by atoms with Crippen molar-refractivity contribution in [2.75, 3.05) is 13.6 Å². The van der Waals surface area contributed by atoms with Crippen molar-refractivity contribution < 1.29 is 13.2 Å². The summed E-state index contributed by atoms with van der Waals surface area (Å²) in [4.78, 5) is 0. The van der Waals surface area contributed by atoms with Gasteiger partial charge in [0.15, 0.2) is 0 Å². The van der Waals surface area contributed by atoms with Crippen LogP contribution in [0.1, 0.15) is 30.9 Å². The van der Waals surface area contributed by atoms with Crippen LogP contribution >= 0.6 is 0 Å². The third-order valence-corrected chi connectivity index (χ3v) is 4.03. The second kappa shape index (κ2) is 5.16. The third-order valence-electron chi connectivity index (χ3n) is 4.03. The predicted octanol–water partition coefficient (Wildman–Crippen LogP) is 3.88. The van der Waals surface area contributed by atoms with Crippen molar-refractivity contribution in [2.24, 2.45) is 11.3 Å². The van der Waals surface area contributed by atoms with E-state index in [2.05, 4.69) is 12.2 Å². The molecular weight excluding hydrogens is 251 g/mol. The molecule has 19 heavy (non-hydrogen) atoms. The Morgan fingerprint density at radius 3 is 2.16 bits per heavy atom. The van der Waals surface area contributed by atoms with Crippen LogP contribution in [0, 0.1) is 11.3 Å². The minimum Gasteiger partial charge on any atom is -0.319 e. The lowest BCUT2D eigenvalue weighted by Gasteiger charge is -2.30. The largest absolute Gasteiger partial charge is 0.416 e. The van der Waals surface area contributed by atoms with Gasteiger partial charge in [0.2, 0.25) is 0 Å². The second-order valence-electron chi connectivity index (χ2n) is 5.83. The number of alkyl halides is 3. The summed E-state index contributed by atoms with van der Waals surface area (Å²) < 4.78 is 37.5. The van der Waals surface area contributed by atoms with E-state index in [9.17, 15) is 13.2 Å². The molecule has 1 saturated carbocycles. The van der Waals surface area contributed by atoms with Gasteiger partial charge in [-0.05, 0) is 55.3 Å². The second-order valence-corrected chi connectivity index (χ2v) is 5.83. The number of benzene rings is 1. The van der Waals surface area contributed by atoms with Crippen molar-refractivity contribution in [1.82, 2.24) is 5.32 Å². The van der Waals surface area contributed by atoms with Gasteiger partial charge in [-0.3, -0.25) is 0 Å². The van der Waals surface area contributed by atoms with Gasteiger partial charge in [0.25, 0.3) is 0 Å². The molecule has 4 heteroatoms. The maximum Gasteiger partial charge on any atom is 0.416 e. The smallest absolute Gasteiger partial charge is 0.319 e. The number of hydrogen-bond acceptors (Lipinski definition) is 1. The first kappa shape index (κ1) is 14.4. The highest BCUT2D eigenvalue weighted by Crippen LogP contribution is 2.47. The van der Waals surface area contributed by atoms with E-state index in [4.69, 9.17) is 0 Å². The van der Waals surface area contributed by atoms with Crippen LogP contribution < -0.4 is 5.32 Å². The first-order valence-electron chi connectivity index (χ1n) is 6.66. The van der Waals surface area contributed by atoms with Gasteiger partial charge in [0.1, 0.15) is 0 Å². The fourth-order valence-corrected chi connectivity index (χ4v) is 2.81. The Kier molecular flexibility index (Phi) is 3.90. The summed E-state index contributed by atoms with van der Waals surface area (Å²) in [5, 5.41) is 3.21. The normalized spacial score (nSPS) is 19.2. The number of nitrogens with one attached hydrogen (secondary N) is 1. The highest BCUT2D eigenvalue weighted by atomic mass is 19.4. The van der Waals surface area contributed by atoms with E-state index in [1.807, 2.05) is 7.05 Å². The molecule has 0 saturated heterocycles. The highest BCUT2D eigenvalue weighted by Gasteiger charge is 2.40. The molecule has 1 unspecified atom stereocenters. The molecule has 0 heterocycles. The van der Waals surface area contributed by atoms with Crippen molar-refractivity contribution in [3.63, 3.8) is 0 Å². The Hall–Kier alpha value is -1.03. The Labute approximate surface area is 112 Å². The molecule has 1 aromatic rings. The summed E-state index contributed by atoms with van der Waals surface area (Å²) in [6, 6.07) is 5.59. The molecule has 1 N–H and O–H groups in total. The van der Waals surface area contributed by atoms with E-state index in [-0.39, 0.29) is 5.41 Å². The Morgan fingerprint density at radius 1 is 1.16 bits per heavy atom. The molecule has 1 aliphatic carbocycles. The Balaban J connectivity index is 2.10. The van der Waals surface area contributed by atoms with Crippen molar-refractivity contribution in [3.8, 4) is 0 Å². The molecule has 0 amide bonds. The summed E-state index contributed by atoms with van der Waals surface area (Å²) in [6.07, 6.45) is -0.947. The molecule has 1 atom stereocenters. The molecule has 106 valence electrons. The minimum atomic E-state index is -4.25. The summed E-state index contributed by atoms with van der Waals surface area (Å²) in [6.45, 7) is 3.12. The van der Waals surface area contributed by atoms with E-state index in [0.29, 0.717) is 5.92 Å². The van der Waals surface area contributed by atoms with Gasteiger partial charge in [0, 0.05) is 6.54 Å². The zero-order valence-corrected chi connectivity index (χ0v) is 11.3. The van der Waals surface area contributed by atoms with E-state index in [0.717, 1.165) is 18.5 Å². The Bertz CT molecular complexity index is 420. The molecule has 0 aromatic heterocycles. The molecular formula is C15H20F3N. The number of halogens is 3. The fourth-order valence-electron chi connectivity index (χ4n) is 2.81. The van der Waals surface area contributed by atoms with Gasteiger partial charge in [-0.25, -0.2) is 0 Å². The molecule has 1 fully saturated rings.